The number of primary amides is 1. The van der Waals surface area contributed by atoms with Crippen LogP contribution in [-0.4, -0.2) is 29.4 Å². The van der Waals surface area contributed by atoms with Gasteiger partial charge in [0.2, 0.25) is 5.82 Å². The van der Waals surface area contributed by atoms with E-state index in [1.807, 2.05) is 4.90 Å². The number of hydrogen-bond acceptors (Lipinski definition) is 5. The second-order valence-corrected chi connectivity index (χ2v) is 3.34. The van der Waals surface area contributed by atoms with Gasteiger partial charge in [0.25, 0.3) is 11.7 Å². The number of amides is 1. The average molecular weight is 196 g/mol. The third kappa shape index (κ3) is 1.55. The summed E-state index contributed by atoms with van der Waals surface area (Å²) < 4.78 is 4.70. The number of rotatable bonds is 2. The van der Waals surface area contributed by atoms with Crippen molar-refractivity contribution in [1.82, 2.24) is 10.4 Å². The molecule has 0 atom stereocenters. The van der Waals surface area contributed by atoms with Gasteiger partial charge >= 0.3 is 0 Å². The summed E-state index contributed by atoms with van der Waals surface area (Å²) in [6, 6.07) is 0. The highest BCUT2D eigenvalue weighted by molar-refractivity contribution is 5.94. The summed E-state index contributed by atoms with van der Waals surface area (Å²) in [4.78, 5) is 12.9. The number of anilines is 1. The molecule has 1 saturated heterocycles. The van der Waals surface area contributed by atoms with Crippen LogP contribution in [0.2, 0.25) is 0 Å². The zero-order valence-corrected chi connectivity index (χ0v) is 7.77. The Morgan fingerprint density at radius 1 is 1.36 bits per heavy atom. The molecular formula is C8H12N4O2. The zero-order chi connectivity index (χ0) is 9.97. The molecule has 0 saturated carbocycles. The first-order chi connectivity index (χ1) is 6.79. The number of carbonyl (C=O) groups excluding carboxylic acids is 1. The highest BCUT2D eigenvalue weighted by Crippen LogP contribution is 2.20. The summed E-state index contributed by atoms with van der Waals surface area (Å²) in [6.45, 7) is 1.77. The normalized spacial score (nSPS) is 17.0. The van der Waals surface area contributed by atoms with E-state index >= 15 is 0 Å². The van der Waals surface area contributed by atoms with Gasteiger partial charge in [-0.3, -0.25) is 4.79 Å². The first-order valence-electron chi connectivity index (χ1n) is 4.66. The molecule has 0 aliphatic carbocycles. The molecule has 1 fully saturated rings. The van der Waals surface area contributed by atoms with Gasteiger partial charge in [-0.2, -0.15) is 0 Å². The molecule has 1 aromatic rings. The topological polar surface area (TPSA) is 85.2 Å². The first-order valence-corrected chi connectivity index (χ1v) is 4.66. The fourth-order valence-corrected chi connectivity index (χ4v) is 1.65. The summed E-state index contributed by atoms with van der Waals surface area (Å²) in [5.41, 5.74) is 5.13. The number of piperidine rings is 1. The summed E-state index contributed by atoms with van der Waals surface area (Å²) in [6.07, 6.45) is 3.42. The van der Waals surface area contributed by atoms with Crippen molar-refractivity contribution >= 4 is 11.7 Å². The van der Waals surface area contributed by atoms with E-state index < -0.39 is 5.91 Å². The molecule has 1 aliphatic heterocycles. The van der Waals surface area contributed by atoms with Crippen molar-refractivity contribution in [2.75, 3.05) is 18.0 Å². The maximum atomic E-state index is 10.9. The van der Waals surface area contributed by atoms with E-state index in [4.69, 9.17) is 10.3 Å². The lowest BCUT2D eigenvalue weighted by Gasteiger charge is -2.25. The smallest absolute Gasteiger partial charge is 0.291 e. The predicted octanol–water partition coefficient (Wildman–Crippen LogP) is 0.159. The minimum Gasteiger partial charge on any atom is -0.363 e. The molecule has 1 aliphatic rings. The van der Waals surface area contributed by atoms with Gasteiger partial charge in [-0.1, -0.05) is 5.10 Å². The molecule has 0 spiro atoms. The molecular weight excluding hydrogens is 184 g/mol. The molecule has 6 nitrogen and oxygen atoms in total. The van der Waals surface area contributed by atoms with Crippen LogP contribution in [0.15, 0.2) is 4.52 Å². The van der Waals surface area contributed by atoms with E-state index in [2.05, 4.69) is 10.4 Å². The van der Waals surface area contributed by atoms with Crippen molar-refractivity contribution in [3.8, 4) is 0 Å². The third-order valence-corrected chi connectivity index (χ3v) is 2.35. The van der Waals surface area contributed by atoms with Crippen molar-refractivity contribution in [3.63, 3.8) is 0 Å². The molecule has 1 amide bonds. The van der Waals surface area contributed by atoms with Gasteiger partial charge in [-0.05, 0) is 19.3 Å². The lowest BCUT2D eigenvalue weighted by atomic mass is 10.1. The van der Waals surface area contributed by atoms with Gasteiger partial charge in [0.15, 0.2) is 0 Å². The molecule has 0 radical (unpaired) electrons. The Kier molecular flexibility index (Phi) is 2.34. The van der Waals surface area contributed by atoms with Crippen molar-refractivity contribution in [1.29, 1.82) is 0 Å². The monoisotopic (exact) mass is 196 g/mol. The molecule has 2 heterocycles. The Morgan fingerprint density at radius 2 is 2.07 bits per heavy atom. The molecule has 14 heavy (non-hydrogen) atoms. The summed E-state index contributed by atoms with van der Waals surface area (Å²) in [7, 11) is 0. The fraction of sp³-hybridized carbons (Fsp3) is 0.625. The van der Waals surface area contributed by atoms with Crippen molar-refractivity contribution in [2.24, 2.45) is 5.73 Å². The minimum absolute atomic E-state index is 0.0619. The van der Waals surface area contributed by atoms with Gasteiger partial charge in [0, 0.05) is 18.4 Å². The predicted molar refractivity (Wildman–Crippen MR) is 48.9 cm³/mol. The summed E-state index contributed by atoms with van der Waals surface area (Å²) in [5.74, 6) is -0.0697. The fourth-order valence-electron chi connectivity index (χ4n) is 1.65. The Hall–Kier alpha value is -1.59. The average Bonchev–Trinajstić information content (AvgIpc) is 2.67. The molecule has 0 aromatic carbocycles. The highest BCUT2D eigenvalue weighted by Gasteiger charge is 2.22. The minimum atomic E-state index is -0.615. The van der Waals surface area contributed by atoms with Crippen LogP contribution < -0.4 is 10.6 Å². The standard InChI is InChI=1S/C8H12N4O2/c9-7(13)6-8(10-11-14-6)12-4-2-1-3-5-12/h1-5H2,(H2,9,13). The maximum absolute atomic E-state index is 10.9. The second kappa shape index (κ2) is 3.65. The number of nitrogens with zero attached hydrogens (tertiary/aromatic N) is 3. The first kappa shape index (κ1) is 8.98. The van der Waals surface area contributed by atoms with Gasteiger partial charge < -0.3 is 15.2 Å². The van der Waals surface area contributed by atoms with Gasteiger partial charge in [-0.15, -0.1) is 0 Å². The zero-order valence-electron chi connectivity index (χ0n) is 7.77. The van der Waals surface area contributed by atoms with E-state index in [1.165, 1.54) is 6.42 Å². The third-order valence-electron chi connectivity index (χ3n) is 2.35. The van der Waals surface area contributed by atoms with Crippen molar-refractivity contribution < 1.29 is 9.32 Å². The summed E-state index contributed by atoms with van der Waals surface area (Å²) in [5, 5.41) is 7.12. The van der Waals surface area contributed by atoms with Crippen LogP contribution in [-0.2, 0) is 0 Å². The van der Waals surface area contributed by atoms with Gasteiger partial charge in [0.1, 0.15) is 0 Å². The van der Waals surface area contributed by atoms with Crippen LogP contribution in [0.1, 0.15) is 29.8 Å². The molecule has 1 aromatic heterocycles. The molecule has 6 heteroatoms. The lowest BCUT2D eigenvalue weighted by molar-refractivity contribution is 0.0965. The summed E-state index contributed by atoms with van der Waals surface area (Å²) >= 11 is 0. The molecule has 76 valence electrons. The van der Waals surface area contributed by atoms with Crippen LogP contribution in [0.5, 0.6) is 0 Å². The SMILES string of the molecule is NC(=O)c1onnc1N1CCCCC1. The van der Waals surface area contributed by atoms with Gasteiger partial charge in [-0.25, -0.2) is 0 Å². The van der Waals surface area contributed by atoms with Crippen LogP contribution in [0, 0.1) is 0 Å². The number of hydrogen-bond donors (Lipinski definition) is 1. The largest absolute Gasteiger partial charge is 0.363 e. The van der Waals surface area contributed by atoms with E-state index in [9.17, 15) is 4.79 Å². The number of aromatic nitrogens is 2. The Morgan fingerprint density at radius 3 is 2.71 bits per heavy atom. The highest BCUT2D eigenvalue weighted by atomic mass is 16.5. The van der Waals surface area contributed by atoms with E-state index in [-0.39, 0.29) is 5.76 Å². The van der Waals surface area contributed by atoms with Crippen LogP contribution in [0.4, 0.5) is 5.82 Å². The Labute approximate surface area is 81.0 Å². The van der Waals surface area contributed by atoms with Crippen molar-refractivity contribution in [3.05, 3.63) is 5.76 Å². The Balaban J connectivity index is 2.21. The molecule has 0 unspecified atom stereocenters. The van der Waals surface area contributed by atoms with Crippen LogP contribution in [0.3, 0.4) is 0 Å². The second-order valence-electron chi connectivity index (χ2n) is 3.34. The quantitative estimate of drug-likeness (QED) is 0.728. The number of carbonyl (C=O) groups is 1. The molecule has 2 N–H and O–H groups in total. The van der Waals surface area contributed by atoms with Crippen molar-refractivity contribution in [2.45, 2.75) is 19.3 Å². The molecule has 2 rings (SSSR count). The van der Waals surface area contributed by atoms with Gasteiger partial charge in [0.05, 0.1) is 0 Å². The Bertz CT molecular complexity index is 330. The van der Waals surface area contributed by atoms with E-state index in [0.29, 0.717) is 5.82 Å². The van der Waals surface area contributed by atoms with Crippen LogP contribution >= 0.6 is 0 Å². The van der Waals surface area contributed by atoms with E-state index in [0.717, 1.165) is 25.9 Å². The van der Waals surface area contributed by atoms with E-state index in [1.54, 1.807) is 0 Å². The van der Waals surface area contributed by atoms with Crippen LogP contribution in [0.25, 0.3) is 0 Å². The molecule has 0 bridgehead atoms. The maximum Gasteiger partial charge on any atom is 0.291 e. The lowest BCUT2D eigenvalue weighted by Crippen LogP contribution is -2.31. The number of nitrogens with two attached hydrogens (primary N) is 1.